The van der Waals surface area contributed by atoms with E-state index in [0.29, 0.717) is 132 Å². The van der Waals surface area contributed by atoms with Crippen LogP contribution < -0.4 is 0 Å². The summed E-state index contributed by atoms with van der Waals surface area (Å²) in [7, 11) is 0. The summed E-state index contributed by atoms with van der Waals surface area (Å²) < 4.78 is 66.6. The summed E-state index contributed by atoms with van der Waals surface area (Å²) in [5.41, 5.74) is 0. The second kappa shape index (κ2) is 33.7. The van der Waals surface area contributed by atoms with Crippen LogP contribution in [0.1, 0.15) is 19.3 Å². The second-order valence-electron chi connectivity index (χ2n) is 8.48. The van der Waals surface area contributed by atoms with Gasteiger partial charge in [-0.3, -0.25) is 0 Å². The van der Waals surface area contributed by atoms with E-state index < -0.39 is 0 Å². The van der Waals surface area contributed by atoms with Gasteiger partial charge in [0.1, 0.15) is 0 Å². The lowest BCUT2D eigenvalue weighted by atomic mass is 10.2. The minimum Gasteiger partial charge on any atom is -0.378 e. The Morgan fingerprint density at radius 2 is 0.700 bits per heavy atom. The predicted octanol–water partition coefficient (Wildman–Crippen LogP) is 2.13. The first-order chi connectivity index (χ1) is 19.9. The summed E-state index contributed by atoms with van der Waals surface area (Å²) >= 11 is 2.28. The molecule has 13 heteroatoms. The first-order valence-corrected chi connectivity index (χ1v) is 16.0. The molecule has 0 aliphatic carbocycles. The van der Waals surface area contributed by atoms with Gasteiger partial charge in [-0.2, -0.15) is 0 Å². The van der Waals surface area contributed by atoms with Crippen LogP contribution in [0, 0.1) is 0 Å². The first kappa shape index (κ1) is 38.3. The summed E-state index contributed by atoms with van der Waals surface area (Å²) in [6.45, 7) is 12.4. The molecule has 1 aliphatic heterocycles. The highest BCUT2D eigenvalue weighted by Gasteiger charge is 2.13. The summed E-state index contributed by atoms with van der Waals surface area (Å²) in [5.74, 6) is 0. The second-order valence-corrected chi connectivity index (χ2v) is 9.56. The van der Waals surface area contributed by atoms with E-state index in [0.717, 1.165) is 30.5 Å². The van der Waals surface area contributed by atoms with E-state index in [2.05, 4.69) is 22.6 Å². The van der Waals surface area contributed by atoms with Crippen LogP contribution >= 0.6 is 22.6 Å². The van der Waals surface area contributed by atoms with Gasteiger partial charge in [0.2, 0.25) is 0 Å². The zero-order valence-electron chi connectivity index (χ0n) is 24.2. The molecule has 1 unspecified atom stereocenters. The quantitative estimate of drug-likeness (QED) is 0.0570. The SMILES string of the molecule is ICCOCCOCCOCCOCCOCCOCCOCCOCCOCCOCCOC1CCCCO1. The van der Waals surface area contributed by atoms with Crippen LogP contribution in [0.4, 0.5) is 0 Å². The number of rotatable bonds is 33. The summed E-state index contributed by atoms with van der Waals surface area (Å²) in [6, 6.07) is 0. The molecule has 0 amide bonds. The number of hydrogen-bond acceptors (Lipinski definition) is 12. The molecule has 1 rings (SSSR count). The average molecular weight is 697 g/mol. The molecule has 0 aromatic rings. The van der Waals surface area contributed by atoms with E-state index in [1.54, 1.807) is 0 Å². The van der Waals surface area contributed by atoms with Crippen molar-refractivity contribution in [2.24, 2.45) is 0 Å². The Kier molecular flexibility index (Phi) is 32.3. The maximum atomic E-state index is 5.60. The van der Waals surface area contributed by atoms with E-state index in [-0.39, 0.29) is 6.29 Å². The summed E-state index contributed by atoms with van der Waals surface area (Å²) in [6.07, 6.45) is 3.20. The highest BCUT2D eigenvalue weighted by molar-refractivity contribution is 14.1. The van der Waals surface area contributed by atoms with Crippen molar-refractivity contribution in [1.29, 1.82) is 0 Å². The fourth-order valence-electron chi connectivity index (χ4n) is 3.22. The zero-order valence-corrected chi connectivity index (χ0v) is 26.4. The molecule has 1 atom stereocenters. The standard InChI is InChI=1S/C27H53IO12/c28-4-6-29-7-8-30-9-10-31-11-12-32-13-14-33-15-16-34-17-18-35-19-20-36-21-22-37-23-24-38-25-26-40-27-3-1-2-5-39-27/h27H,1-26H2. The van der Waals surface area contributed by atoms with Crippen molar-refractivity contribution in [3.05, 3.63) is 0 Å². The smallest absolute Gasteiger partial charge is 0.157 e. The molecule has 0 aromatic carbocycles. The molecule has 40 heavy (non-hydrogen) atoms. The molecule has 1 saturated heterocycles. The van der Waals surface area contributed by atoms with Crippen LogP contribution in [0.5, 0.6) is 0 Å². The van der Waals surface area contributed by atoms with Crippen LogP contribution in [-0.2, 0) is 56.8 Å². The Bertz CT molecular complexity index is 475. The minimum absolute atomic E-state index is 0.0617. The topological polar surface area (TPSA) is 111 Å². The molecular weight excluding hydrogens is 643 g/mol. The maximum Gasteiger partial charge on any atom is 0.157 e. The van der Waals surface area contributed by atoms with Crippen molar-refractivity contribution in [1.82, 2.24) is 0 Å². The lowest BCUT2D eigenvalue weighted by molar-refractivity contribution is -0.169. The van der Waals surface area contributed by atoms with Crippen molar-refractivity contribution in [2.45, 2.75) is 25.6 Å². The number of hydrogen-bond donors (Lipinski definition) is 0. The van der Waals surface area contributed by atoms with Crippen molar-refractivity contribution in [3.63, 3.8) is 0 Å². The third kappa shape index (κ3) is 29.7. The monoisotopic (exact) mass is 696 g/mol. The zero-order chi connectivity index (χ0) is 28.4. The molecule has 240 valence electrons. The van der Waals surface area contributed by atoms with Crippen molar-refractivity contribution >= 4 is 22.6 Å². The lowest BCUT2D eigenvalue weighted by Gasteiger charge is -2.22. The Hall–Kier alpha value is 0.250. The van der Waals surface area contributed by atoms with E-state index in [1.807, 2.05) is 0 Å². The molecule has 1 heterocycles. The molecule has 0 radical (unpaired) electrons. The van der Waals surface area contributed by atoms with E-state index >= 15 is 0 Å². The molecule has 1 aliphatic rings. The van der Waals surface area contributed by atoms with Crippen molar-refractivity contribution in [3.8, 4) is 0 Å². The fraction of sp³-hybridized carbons (Fsp3) is 1.00. The predicted molar refractivity (Wildman–Crippen MR) is 157 cm³/mol. The third-order valence-electron chi connectivity index (χ3n) is 5.24. The molecule has 0 saturated carbocycles. The molecule has 0 N–H and O–H groups in total. The summed E-state index contributed by atoms with van der Waals surface area (Å²) in [4.78, 5) is 0. The Morgan fingerprint density at radius 3 is 0.975 bits per heavy atom. The average Bonchev–Trinajstić information content (AvgIpc) is 2.98. The largest absolute Gasteiger partial charge is 0.378 e. The van der Waals surface area contributed by atoms with E-state index in [9.17, 15) is 0 Å². The van der Waals surface area contributed by atoms with Crippen molar-refractivity contribution in [2.75, 3.05) is 150 Å². The molecule has 12 nitrogen and oxygen atoms in total. The van der Waals surface area contributed by atoms with Crippen molar-refractivity contribution < 1.29 is 56.8 Å². The maximum absolute atomic E-state index is 5.60. The number of halogens is 1. The molecular formula is C27H53IO12. The number of alkyl halides is 1. The molecule has 0 bridgehead atoms. The van der Waals surface area contributed by atoms with Gasteiger partial charge in [0.05, 0.1) is 139 Å². The van der Waals surface area contributed by atoms with Gasteiger partial charge in [-0.25, -0.2) is 0 Å². The van der Waals surface area contributed by atoms with Gasteiger partial charge >= 0.3 is 0 Å². The van der Waals surface area contributed by atoms with Gasteiger partial charge in [0.25, 0.3) is 0 Å². The van der Waals surface area contributed by atoms with Gasteiger partial charge in [0, 0.05) is 11.0 Å². The van der Waals surface area contributed by atoms with Crippen LogP contribution in [0.2, 0.25) is 0 Å². The molecule has 1 fully saturated rings. The Labute approximate surface area is 254 Å². The van der Waals surface area contributed by atoms with Crippen LogP contribution in [0.25, 0.3) is 0 Å². The van der Waals surface area contributed by atoms with Gasteiger partial charge in [-0.05, 0) is 19.3 Å². The van der Waals surface area contributed by atoms with Crippen LogP contribution in [0.3, 0.4) is 0 Å². The van der Waals surface area contributed by atoms with Gasteiger partial charge in [-0.1, -0.05) is 22.6 Å². The Morgan fingerprint density at radius 1 is 0.400 bits per heavy atom. The number of ether oxygens (including phenoxy) is 12. The van der Waals surface area contributed by atoms with Gasteiger partial charge < -0.3 is 56.8 Å². The highest BCUT2D eigenvalue weighted by Crippen LogP contribution is 2.13. The van der Waals surface area contributed by atoms with Crippen LogP contribution in [-0.4, -0.2) is 156 Å². The first-order valence-electron chi connectivity index (χ1n) is 14.5. The molecule has 0 spiro atoms. The van der Waals surface area contributed by atoms with Gasteiger partial charge in [0.15, 0.2) is 6.29 Å². The third-order valence-corrected chi connectivity index (χ3v) is 5.68. The normalized spacial score (nSPS) is 15.7. The van der Waals surface area contributed by atoms with Gasteiger partial charge in [-0.15, -0.1) is 0 Å². The summed E-state index contributed by atoms with van der Waals surface area (Å²) in [5, 5.41) is 0. The van der Waals surface area contributed by atoms with E-state index in [1.165, 1.54) is 6.42 Å². The Balaban J connectivity index is 1.60. The molecule has 0 aromatic heterocycles. The minimum atomic E-state index is -0.0617. The highest BCUT2D eigenvalue weighted by atomic mass is 127. The fourth-order valence-corrected chi connectivity index (χ4v) is 3.53. The van der Waals surface area contributed by atoms with E-state index in [4.69, 9.17) is 56.8 Å². The lowest BCUT2D eigenvalue weighted by Crippen LogP contribution is -2.24. The van der Waals surface area contributed by atoms with Crippen LogP contribution in [0.15, 0.2) is 0 Å².